The molecular weight excluding hydrogens is 112 g/mol. The van der Waals surface area contributed by atoms with E-state index in [0.717, 1.165) is 19.4 Å². The highest BCUT2D eigenvalue weighted by molar-refractivity contribution is 4.88. The van der Waals surface area contributed by atoms with Gasteiger partial charge in [-0.25, -0.2) is 0 Å². The van der Waals surface area contributed by atoms with Crippen LogP contribution in [0, 0.1) is 17.2 Å². The number of piperidine rings is 1. The Bertz CT molecular complexity index is 117. The molecule has 0 aromatic heterocycles. The molecule has 0 saturated carbocycles. The van der Waals surface area contributed by atoms with Gasteiger partial charge in [0.15, 0.2) is 0 Å². The summed E-state index contributed by atoms with van der Waals surface area (Å²) >= 11 is 0. The van der Waals surface area contributed by atoms with Gasteiger partial charge in [0.25, 0.3) is 0 Å². The van der Waals surface area contributed by atoms with E-state index in [2.05, 4.69) is 18.3 Å². The van der Waals surface area contributed by atoms with Gasteiger partial charge < -0.3 is 5.32 Å². The number of nitriles is 1. The van der Waals surface area contributed by atoms with Crippen molar-refractivity contribution in [1.82, 2.24) is 5.32 Å². The minimum atomic E-state index is 0.265. The summed E-state index contributed by atoms with van der Waals surface area (Å²) in [6.45, 7) is 3.05. The summed E-state index contributed by atoms with van der Waals surface area (Å²) in [4.78, 5) is 0. The molecule has 1 rings (SSSR count). The summed E-state index contributed by atoms with van der Waals surface area (Å²) in [5.74, 6) is 0.265. The average molecular weight is 124 g/mol. The maximum Gasteiger partial charge on any atom is 0.0669 e. The van der Waals surface area contributed by atoms with Gasteiger partial charge in [0.1, 0.15) is 0 Å². The zero-order valence-corrected chi connectivity index (χ0v) is 5.72. The largest absolute Gasteiger partial charge is 0.313 e. The number of hydrogen-bond acceptors (Lipinski definition) is 2. The molecule has 0 aliphatic carbocycles. The van der Waals surface area contributed by atoms with Crippen molar-refractivity contribution in [3.8, 4) is 6.07 Å². The van der Waals surface area contributed by atoms with Crippen molar-refractivity contribution in [2.24, 2.45) is 5.92 Å². The van der Waals surface area contributed by atoms with Crippen LogP contribution >= 0.6 is 0 Å². The van der Waals surface area contributed by atoms with Crippen LogP contribution in [0.1, 0.15) is 19.8 Å². The summed E-state index contributed by atoms with van der Waals surface area (Å²) in [6, 6.07) is 2.88. The molecule has 1 N–H and O–H groups in total. The Kier molecular flexibility index (Phi) is 2.07. The Morgan fingerprint density at radius 2 is 2.33 bits per heavy atom. The molecule has 0 radical (unpaired) electrons. The molecular formula is C7H12N2. The monoisotopic (exact) mass is 124 g/mol. The van der Waals surface area contributed by atoms with Gasteiger partial charge in [-0.15, -0.1) is 0 Å². The van der Waals surface area contributed by atoms with Crippen LogP contribution in [-0.4, -0.2) is 12.6 Å². The van der Waals surface area contributed by atoms with Gasteiger partial charge in [-0.05, 0) is 19.8 Å². The van der Waals surface area contributed by atoms with Gasteiger partial charge in [0.05, 0.1) is 12.0 Å². The third kappa shape index (κ3) is 1.69. The summed E-state index contributed by atoms with van der Waals surface area (Å²) in [6.07, 6.45) is 2.23. The molecule has 9 heavy (non-hydrogen) atoms. The van der Waals surface area contributed by atoms with Crippen LogP contribution in [0.3, 0.4) is 0 Å². The van der Waals surface area contributed by atoms with Crippen LogP contribution in [-0.2, 0) is 0 Å². The van der Waals surface area contributed by atoms with E-state index in [-0.39, 0.29) is 5.92 Å². The van der Waals surface area contributed by atoms with Crippen LogP contribution in [0.15, 0.2) is 0 Å². The van der Waals surface area contributed by atoms with Crippen molar-refractivity contribution in [3.63, 3.8) is 0 Å². The lowest BCUT2D eigenvalue weighted by molar-refractivity contribution is 0.372. The Morgan fingerprint density at radius 1 is 1.56 bits per heavy atom. The smallest absolute Gasteiger partial charge is 0.0669 e. The highest BCUT2D eigenvalue weighted by Crippen LogP contribution is 2.11. The first-order valence-corrected chi connectivity index (χ1v) is 3.46. The third-order valence-electron chi connectivity index (χ3n) is 1.84. The van der Waals surface area contributed by atoms with E-state index < -0.39 is 0 Å². The quantitative estimate of drug-likeness (QED) is 0.520. The molecule has 2 heteroatoms. The van der Waals surface area contributed by atoms with Gasteiger partial charge in [-0.1, -0.05) is 0 Å². The van der Waals surface area contributed by atoms with E-state index in [0.29, 0.717) is 6.04 Å². The maximum absolute atomic E-state index is 8.49. The van der Waals surface area contributed by atoms with E-state index in [4.69, 9.17) is 5.26 Å². The second-order valence-electron chi connectivity index (χ2n) is 2.71. The lowest BCUT2D eigenvalue weighted by atomic mass is 9.97. The van der Waals surface area contributed by atoms with Crippen LogP contribution < -0.4 is 5.32 Å². The minimum absolute atomic E-state index is 0.265. The Labute approximate surface area is 55.9 Å². The molecule has 0 spiro atoms. The molecule has 0 aromatic carbocycles. The topological polar surface area (TPSA) is 35.8 Å². The molecule has 1 fully saturated rings. The first-order chi connectivity index (χ1) is 4.33. The summed E-state index contributed by atoms with van der Waals surface area (Å²) in [5, 5.41) is 11.7. The number of hydrogen-bond donors (Lipinski definition) is 1. The summed E-state index contributed by atoms with van der Waals surface area (Å²) in [7, 11) is 0. The maximum atomic E-state index is 8.49. The minimum Gasteiger partial charge on any atom is -0.313 e. The van der Waals surface area contributed by atoms with Gasteiger partial charge in [-0.2, -0.15) is 5.26 Å². The predicted molar refractivity (Wildman–Crippen MR) is 35.8 cm³/mol. The molecule has 50 valence electrons. The van der Waals surface area contributed by atoms with Crippen molar-refractivity contribution in [1.29, 1.82) is 5.26 Å². The van der Waals surface area contributed by atoms with Crippen molar-refractivity contribution in [2.45, 2.75) is 25.8 Å². The van der Waals surface area contributed by atoms with Crippen molar-refractivity contribution in [2.75, 3.05) is 6.54 Å². The lowest BCUT2D eigenvalue weighted by Crippen LogP contribution is -2.36. The zero-order valence-electron chi connectivity index (χ0n) is 5.72. The van der Waals surface area contributed by atoms with E-state index in [1.165, 1.54) is 0 Å². The average Bonchev–Trinajstić information content (AvgIpc) is 1.90. The molecule has 2 nitrogen and oxygen atoms in total. The Morgan fingerprint density at radius 3 is 2.78 bits per heavy atom. The molecule has 1 heterocycles. The molecule has 1 unspecified atom stereocenters. The van der Waals surface area contributed by atoms with Gasteiger partial charge in [0.2, 0.25) is 0 Å². The van der Waals surface area contributed by atoms with Gasteiger partial charge in [0, 0.05) is 12.6 Å². The highest BCUT2D eigenvalue weighted by atomic mass is 14.9. The fraction of sp³-hybridized carbons (Fsp3) is 0.857. The van der Waals surface area contributed by atoms with Crippen LogP contribution in [0.2, 0.25) is 0 Å². The van der Waals surface area contributed by atoms with Gasteiger partial charge in [-0.3, -0.25) is 0 Å². The molecule has 0 aromatic rings. The third-order valence-corrected chi connectivity index (χ3v) is 1.84. The Hall–Kier alpha value is -0.550. The molecule has 1 aliphatic rings. The first kappa shape index (κ1) is 6.57. The zero-order chi connectivity index (χ0) is 6.69. The normalized spacial score (nSPS) is 35.6. The summed E-state index contributed by atoms with van der Waals surface area (Å²) in [5.41, 5.74) is 0. The van der Waals surface area contributed by atoms with Gasteiger partial charge >= 0.3 is 0 Å². The fourth-order valence-electron chi connectivity index (χ4n) is 1.11. The van der Waals surface area contributed by atoms with Crippen LogP contribution in [0.25, 0.3) is 0 Å². The number of nitrogens with one attached hydrogen (secondary N) is 1. The van der Waals surface area contributed by atoms with E-state index in [1.54, 1.807) is 0 Å². The second-order valence-corrected chi connectivity index (χ2v) is 2.71. The number of nitrogens with zero attached hydrogens (tertiary/aromatic N) is 1. The first-order valence-electron chi connectivity index (χ1n) is 3.46. The van der Waals surface area contributed by atoms with Crippen molar-refractivity contribution in [3.05, 3.63) is 0 Å². The molecule has 2 atom stereocenters. The van der Waals surface area contributed by atoms with Crippen molar-refractivity contribution < 1.29 is 0 Å². The molecule has 0 amide bonds. The molecule has 1 aliphatic heterocycles. The molecule has 1 saturated heterocycles. The predicted octanol–water partition coefficient (Wildman–Crippen LogP) is 0.898. The SMILES string of the molecule is C[C@H]1CCC(C#N)CN1. The van der Waals surface area contributed by atoms with Crippen molar-refractivity contribution >= 4 is 0 Å². The summed E-state index contributed by atoms with van der Waals surface area (Å²) < 4.78 is 0. The Balaban J connectivity index is 2.28. The van der Waals surface area contributed by atoms with Crippen LogP contribution in [0.5, 0.6) is 0 Å². The number of rotatable bonds is 0. The second kappa shape index (κ2) is 2.84. The highest BCUT2D eigenvalue weighted by Gasteiger charge is 2.15. The van der Waals surface area contributed by atoms with E-state index in [1.807, 2.05) is 0 Å². The molecule has 0 bridgehead atoms. The van der Waals surface area contributed by atoms with E-state index in [9.17, 15) is 0 Å². The standard InChI is InChI=1S/C7H12N2/c1-6-2-3-7(4-8)5-9-6/h6-7,9H,2-3,5H2,1H3/t6-,7?/m0/s1. The van der Waals surface area contributed by atoms with Crippen LogP contribution in [0.4, 0.5) is 0 Å². The van der Waals surface area contributed by atoms with E-state index >= 15 is 0 Å². The fourth-order valence-corrected chi connectivity index (χ4v) is 1.11. The lowest BCUT2D eigenvalue weighted by Gasteiger charge is -2.22.